The predicted octanol–water partition coefficient (Wildman–Crippen LogP) is 5.05. The van der Waals surface area contributed by atoms with Gasteiger partial charge < -0.3 is 9.64 Å². The van der Waals surface area contributed by atoms with Crippen molar-refractivity contribution in [1.82, 2.24) is 0 Å². The molecule has 2 rings (SSSR count). The van der Waals surface area contributed by atoms with Gasteiger partial charge in [0.1, 0.15) is 12.3 Å². The number of carbonyl (C=O) groups excluding carboxylic acids is 1. The highest BCUT2D eigenvalue weighted by atomic mass is 35.5. The first-order valence-electron chi connectivity index (χ1n) is 8.24. The molecule has 0 aliphatic heterocycles. The van der Waals surface area contributed by atoms with Crippen LogP contribution in [-0.2, 0) is 9.53 Å². The molecule has 0 heterocycles. The smallest absolute Gasteiger partial charge is 0.302 e. The number of ether oxygens (including phenoxy) is 1. The van der Waals surface area contributed by atoms with E-state index in [0.29, 0.717) is 24.5 Å². The van der Waals surface area contributed by atoms with E-state index in [1.165, 1.54) is 25.1 Å². The van der Waals surface area contributed by atoms with E-state index >= 15 is 0 Å². The Morgan fingerprint density at radius 3 is 2.48 bits per heavy atom. The van der Waals surface area contributed by atoms with Gasteiger partial charge in [-0.1, -0.05) is 11.6 Å². The average molecular weight is 391 g/mol. The SMILES string of the molecule is CCN(CCOC(C)=O)c1ccc(N=Nc2ccc([N+](=O)[O-])cc2Cl)cc1. The molecule has 2 aromatic rings. The van der Waals surface area contributed by atoms with Gasteiger partial charge in [-0.3, -0.25) is 14.9 Å². The van der Waals surface area contributed by atoms with Crippen LogP contribution < -0.4 is 4.90 Å². The fourth-order valence-electron chi connectivity index (χ4n) is 2.30. The molecule has 0 saturated carbocycles. The summed E-state index contributed by atoms with van der Waals surface area (Å²) in [5.74, 6) is -0.299. The van der Waals surface area contributed by atoms with Crippen molar-refractivity contribution in [2.45, 2.75) is 13.8 Å². The normalized spacial score (nSPS) is 10.8. The van der Waals surface area contributed by atoms with Crippen LogP contribution >= 0.6 is 11.6 Å². The molecule has 0 aliphatic rings. The number of azo groups is 1. The number of anilines is 1. The zero-order valence-electron chi connectivity index (χ0n) is 15.0. The van der Waals surface area contributed by atoms with Crippen LogP contribution in [0.3, 0.4) is 0 Å². The number of nitro benzene ring substituents is 1. The molecular formula is C18H19ClN4O4. The number of rotatable bonds is 8. The summed E-state index contributed by atoms with van der Waals surface area (Å²) in [5.41, 5.74) is 1.83. The van der Waals surface area contributed by atoms with Gasteiger partial charge in [-0.05, 0) is 37.3 Å². The molecule has 0 aromatic heterocycles. The van der Waals surface area contributed by atoms with Crippen LogP contribution in [0.15, 0.2) is 52.7 Å². The van der Waals surface area contributed by atoms with Gasteiger partial charge in [0.25, 0.3) is 5.69 Å². The number of hydrogen-bond acceptors (Lipinski definition) is 7. The number of hydrogen-bond donors (Lipinski definition) is 0. The summed E-state index contributed by atoms with van der Waals surface area (Å²) in [6.45, 7) is 5.07. The van der Waals surface area contributed by atoms with E-state index < -0.39 is 4.92 Å². The van der Waals surface area contributed by atoms with Gasteiger partial charge in [-0.25, -0.2) is 0 Å². The number of carbonyl (C=O) groups is 1. The fraction of sp³-hybridized carbons (Fsp3) is 0.278. The van der Waals surface area contributed by atoms with Crippen molar-refractivity contribution >= 4 is 40.3 Å². The lowest BCUT2D eigenvalue weighted by Crippen LogP contribution is -2.27. The summed E-state index contributed by atoms with van der Waals surface area (Å²) in [7, 11) is 0. The molecule has 0 amide bonds. The van der Waals surface area contributed by atoms with Gasteiger partial charge in [0.15, 0.2) is 0 Å². The summed E-state index contributed by atoms with van der Waals surface area (Å²) < 4.78 is 4.97. The predicted molar refractivity (Wildman–Crippen MR) is 103 cm³/mol. The molecule has 0 fully saturated rings. The highest BCUT2D eigenvalue weighted by Gasteiger charge is 2.09. The van der Waals surface area contributed by atoms with Gasteiger partial charge in [0, 0.05) is 31.3 Å². The average Bonchev–Trinajstić information content (AvgIpc) is 2.64. The largest absolute Gasteiger partial charge is 0.464 e. The molecule has 0 atom stereocenters. The lowest BCUT2D eigenvalue weighted by molar-refractivity contribution is -0.384. The van der Waals surface area contributed by atoms with Gasteiger partial charge in [0.05, 0.1) is 22.2 Å². The third kappa shape index (κ3) is 6.03. The second-order valence-corrected chi connectivity index (χ2v) is 5.94. The van der Waals surface area contributed by atoms with Crippen LogP contribution in [0.4, 0.5) is 22.7 Å². The number of non-ortho nitro benzene ring substituents is 1. The van der Waals surface area contributed by atoms with Crippen molar-refractivity contribution in [3.05, 3.63) is 57.6 Å². The minimum atomic E-state index is -0.521. The van der Waals surface area contributed by atoms with Crippen molar-refractivity contribution in [3.8, 4) is 0 Å². The van der Waals surface area contributed by atoms with Crippen LogP contribution in [0, 0.1) is 10.1 Å². The van der Waals surface area contributed by atoms with Gasteiger partial charge in [-0.15, -0.1) is 5.11 Å². The third-order valence-electron chi connectivity index (χ3n) is 3.68. The second kappa shape index (κ2) is 9.63. The molecule has 142 valence electrons. The van der Waals surface area contributed by atoms with Crippen LogP contribution in [0.2, 0.25) is 5.02 Å². The lowest BCUT2D eigenvalue weighted by Gasteiger charge is -2.22. The first-order valence-corrected chi connectivity index (χ1v) is 8.62. The Morgan fingerprint density at radius 2 is 1.93 bits per heavy atom. The summed E-state index contributed by atoms with van der Waals surface area (Å²) in [6.07, 6.45) is 0. The summed E-state index contributed by atoms with van der Waals surface area (Å²) in [4.78, 5) is 23.1. The van der Waals surface area contributed by atoms with Crippen molar-refractivity contribution in [2.24, 2.45) is 10.2 Å². The van der Waals surface area contributed by atoms with E-state index in [0.717, 1.165) is 12.2 Å². The lowest BCUT2D eigenvalue weighted by atomic mass is 10.2. The Hall–Kier alpha value is -3.00. The first kappa shape index (κ1) is 20.3. The molecule has 0 bridgehead atoms. The topological polar surface area (TPSA) is 97.4 Å². The van der Waals surface area contributed by atoms with Crippen molar-refractivity contribution in [3.63, 3.8) is 0 Å². The van der Waals surface area contributed by atoms with E-state index in [-0.39, 0.29) is 16.7 Å². The van der Waals surface area contributed by atoms with E-state index in [4.69, 9.17) is 16.3 Å². The Morgan fingerprint density at radius 1 is 1.22 bits per heavy atom. The van der Waals surface area contributed by atoms with Crippen LogP contribution in [0.5, 0.6) is 0 Å². The maximum Gasteiger partial charge on any atom is 0.302 e. The summed E-state index contributed by atoms with van der Waals surface area (Å²) in [5, 5.41) is 19.0. The Labute approximate surface area is 161 Å². The molecule has 0 spiro atoms. The van der Waals surface area contributed by atoms with E-state index in [2.05, 4.69) is 15.1 Å². The minimum Gasteiger partial charge on any atom is -0.464 e. The maximum absolute atomic E-state index is 10.9. The molecule has 0 aliphatic carbocycles. The Kier molecular flexibility index (Phi) is 7.25. The van der Waals surface area contributed by atoms with Gasteiger partial charge in [0.2, 0.25) is 0 Å². The van der Waals surface area contributed by atoms with E-state index in [9.17, 15) is 14.9 Å². The second-order valence-electron chi connectivity index (χ2n) is 5.53. The molecular weight excluding hydrogens is 372 g/mol. The highest BCUT2D eigenvalue weighted by Crippen LogP contribution is 2.30. The van der Waals surface area contributed by atoms with Crippen molar-refractivity contribution in [2.75, 3.05) is 24.6 Å². The number of halogens is 1. The van der Waals surface area contributed by atoms with Crippen molar-refractivity contribution in [1.29, 1.82) is 0 Å². The molecule has 0 radical (unpaired) electrons. The van der Waals surface area contributed by atoms with Crippen LogP contribution in [0.1, 0.15) is 13.8 Å². The summed E-state index contributed by atoms with van der Waals surface area (Å²) in [6, 6.07) is 11.4. The monoisotopic (exact) mass is 390 g/mol. The Balaban J connectivity index is 2.05. The van der Waals surface area contributed by atoms with E-state index in [1.807, 2.05) is 19.1 Å². The van der Waals surface area contributed by atoms with E-state index in [1.54, 1.807) is 12.1 Å². The Bertz CT molecular complexity index is 840. The molecule has 2 aromatic carbocycles. The number of esters is 1. The van der Waals surface area contributed by atoms with Gasteiger partial charge >= 0.3 is 5.97 Å². The zero-order chi connectivity index (χ0) is 19.8. The maximum atomic E-state index is 10.9. The number of benzene rings is 2. The number of nitrogens with zero attached hydrogens (tertiary/aromatic N) is 4. The third-order valence-corrected chi connectivity index (χ3v) is 3.98. The van der Waals surface area contributed by atoms with Crippen LogP contribution in [-0.4, -0.2) is 30.6 Å². The van der Waals surface area contributed by atoms with Gasteiger partial charge in [-0.2, -0.15) is 5.11 Å². The standard InChI is InChI=1S/C18H19ClN4O4/c1-3-22(10-11-27-13(2)24)15-6-4-14(5-7-15)20-21-18-9-8-16(23(25)26)12-17(18)19/h4-9,12H,3,10-11H2,1-2H3. The fourth-order valence-corrected chi connectivity index (χ4v) is 2.51. The highest BCUT2D eigenvalue weighted by molar-refractivity contribution is 6.33. The van der Waals surface area contributed by atoms with Crippen molar-refractivity contribution < 1.29 is 14.5 Å². The first-order chi connectivity index (χ1) is 12.9. The quantitative estimate of drug-likeness (QED) is 0.272. The molecule has 9 heteroatoms. The molecule has 0 N–H and O–H groups in total. The number of likely N-dealkylation sites (N-methyl/N-ethyl adjacent to an activating group) is 1. The zero-order valence-corrected chi connectivity index (χ0v) is 15.7. The minimum absolute atomic E-state index is 0.100. The molecule has 0 saturated heterocycles. The molecule has 0 unspecified atom stereocenters. The van der Waals surface area contributed by atoms with Crippen LogP contribution in [0.25, 0.3) is 0 Å². The summed E-state index contributed by atoms with van der Waals surface area (Å²) >= 11 is 6.00. The molecule has 27 heavy (non-hydrogen) atoms. The molecule has 8 nitrogen and oxygen atoms in total. The number of nitro groups is 1.